The lowest BCUT2D eigenvalue weighted by atomic mass is 9.95. The molecule has 2 heterocycles. The van der Waals surface area contributed by atoms with Crippen molar-refractivity contribution in [3.05, 3.63) is 60.8 Å². The number of aromatic nitrogens is 3. The van der Waals surface area contributed by atoms with E-state index in [0.29, 0.717) is 5.82 Å². The van der Waals surface area contributed by atoms with Gasteiger partial charge in [0.2, 0.25) is 5.95 Å². The van der Waals surface area contributed by atoms with E-state index in [0.717, 1.165) is 38.3 Å². The molecule has 5 nitrogen and oxygen atoms in total. The van der Waals surface area contributed by atoms with Crippen LogP contribution in [0, 0.1) is 0 Å². The summed E-state index contributed by atoms with van der Waals surface area (Å²) in [6.07, 6.45) is 1.90. The number of hydrogen-bond donors (Lipinski definition) is 3. The summed E-state index contributed by atoms with van der Waals surface area (Å²) < 4.78 is 0. The number of aromatic amines is 1. The summed E-state index contributed by atoms with van der Waals surface area (Å²) in [6, 6.07) is 18.6. The number of hydrogen-bond acceptors (Lipinski definition) is 4. The van der Waals surface area contributed by atoms with Gasteiger partial charge < -0.3 is 16.5 Å². The Labute approximate surface area is 143 Å². The second-order valence-corrected chi connectivity index (χ2v) is 6.08. The molecule has 0 saturated carbocycles. The van der Waals surface area contributed by atoms with E-state index in [1.165, 1.54) is 5.39 Å². The number of rotatable bonds is 1. The van der Waals surface area contributed by atoms with Crippen molar-refractivity contribution in [1.82, 2.24) is 15.0 Å². The first-order chi connectivity index (χ1) is 12.2. The monoisotopic (exact) mass is 325 g/mol. The smallest absolute Gasteiger partial charge is 0.222 e. The maximum atomic E-state index is 6.20. The van der Waals surface area contributed by atoms with E-state index in [4.69, 9.17) is 11.5 Å². The fraction of sp³-hybridized carbons (Fsp3) is 0. The molecule has 3 aromatic carbocycles. The minimum Gasteiger partial charge on any atom is -0.383 e. The predicted octanol–water partition coefficient (Wildman–Crippen LogP) is 4.10. The Bertz CT molecular complexity index is 1260. The number of nitrogens with two attached hydrogens (primary N) is 2. The van der Waals surface area contributed by atoms with Gasteiger partial charge in [-0.25, -0.2) is 4.98 Å². The van der Waals surface area contributed by atoms with Gasteiger partial charge in [0.05, 0.1) is 10.9 Å². The van der Waals surface area contributed by atoms with Crippen LogP contribution in [0.4, 0.5) is 11.8 Å². The molecule has 5 aromatic rings. The highest BCUT2D eigenvalue weighted by Gasteiger charge is 2.16. The van der Waals surface area contributed by atoms with Crippen LogP contribution in [-0.4, -0.2) is 15.0 Å². The van der Waals surface area contributed by atoms with Gasteiger partial charge in [0, 0.05) is 22.7 Å². The van der Waals surface area contributed by atoms with Gasteiger partial charge in [-0.05, 0) is 28.5 Å². The van der Waals surface area contributed by atoms with E-state index in [1.807, 2.05) is 24.4 Å². The molecule has 0 fully saturated rings. The number of nitrogens with zero attached hydrogens (tertiary/aromatic N) is 2. The average molecular weight is 325 g/mol. The van der Waals surface area contributed by atoms with E-state index in [2.05, 4.69) is 51.4 Å². The third-order valence-corrected chi connectivity index (χ3v) is 4.63. The third kappa shape index (κ3) is 1.96. The summed E-state index contributed by atoms with van der Waals surface area (Å²) in [5, 5.41) is 4.16. The molecule has 5 N–H and O–H groups in total. The van der Waals surface area contributed by atoms with Crippen LogP contribution in [-0.2, 0) is 0 Å². The van der Waals surface area contributed by atoms with Crippen molar-refractivity contribution in [3.8, 4) is 11.1 Å². The van der Waals surface area contributed by atoms with Crippen molar-refractivity contribution in [2.45, 2.75) is 0 Å². The fourth-order valence-corrected chi connectivity index (χ4v) is 3.55. The maximum Gasteiger partial charge on any atom is 0.222 e. The highest BCUT2D eigenvalue weighted by atomic mass is 15.0. The Kier molecular flexibility index (Phi) is 2.73. The second kappa shape index (κ2) is 4.95. The molecule has 0 atom stereocenters. The maximum absolute atomic E-state index is 6.20. The van der Waals surface area contributed by atoms with Gasteiger partial charge in [0.25, 0.3) is 0 Å². The first-order valence-electron chi connectivity index (χ1n) is 8.03. The standard InChI is InChI=1S/C20H15N5/c21-19-17-14-8-9-23-16(14)10-15(18(17)24-20(22)25-19)13-7-3-5-11-4-1-2-6-12(11)13/h1-10,23H,(H4,21,22,24,25). The molecule has 0 saturated heterocycles. The molecule has 5 heteroatoms. The first-order valence-corrected chi connectivity index (χ1v) is 8.03. The van der Waals surface area contributed by atoms with Gasteiger partial charge in [0.15, 0.2) is 0 Å². The van der Waals surface area contributed by atoms with Gasteiger partial charge in [0.1, 0.15) is 5.82 Å². The first kappa shape index (κ1) is 13.8. The van der Waals surface area contributed by atoms with Crippen LogP contribution >= 0.6 is 0 Å². The topological polar surface area (TPSA) is 93.6 Å². The number of nitrogen functional groups attached to an aromatic ring is 2. The number of benzene rings is 3. The van der Waals surface area contributed by atoms with Crippen LogP contribution in [0.3, 0.4) is 0 Å². The zero-order chi connectivity index (χ0) is 17.0. The van der Waals surface area contributed by atoms with Crippen LogP contribution in [0.15, 0.2) is 60.8 Å². The van der Waals surface area contributed by atoms with Gasteiger partial charge >= 0.3 is 0 Å². The van der Waals surface area contributed by atoms with Gasteiger partial charge in [-0.15, -0.1) is 0 Å². The summed E-state index contributed by atoms with van der Waals surface area (Å²) in [5.74, 6) is 0.579. The normalized spacial score (nSPS) is 11.5. The summed E-state index contributed by atoms with van der Waals surface area (Å²) in [4.78, 5) is 12.0. The van der Waals surface area contributed by atoms with Crippen LogP contribution in [0.5, 0.6) is 0 Å². The van der Waals surface area contributed by atoms with E-state index in [1.54, 1.807) is 0 Å². The molecule has 0 spiro atoms. The van der Waals surface area contributed by atoms with Gasteiger partial charge in [-0.2, -0.15) is 4.98 Å². The van der Waals surface area contributed by atoms with Crippen molar-refractivity contribution in [1.29, 1.82) is 0 Å². The molecule has 0 amide bonds. The molecule has 0 unspecified atom stereocenters. The third-order valence-electron chi connectivity index (χ3n) is 4.63. The van der Waals surface area contributed by atoms with Crippen molar-refractivity contribution >= 4 is 44.3 Å². The molecule has 25 heavy (non-hydrogen) atoms. The lowest BCUT2D eigenvalue weighted by Crippen LogP contribution is -2.02. The van der Waals surface area contributed by atoms with Gasteiger partial charge in [-0.3, -0.25) is 0 Å². The van der Waals surface area contributed by atoms with Crippen LogP contribution in [0.1, 0.15) is 0 Å². The fourth-order valence-electron chi connectivity index (χ4n) is 3.55. The molecule has 5 rings (SSSR count). The molecule has 0 radical (unpaired) electrons. The van der Waals surface area contributed by atoms with Crippen LogP contribution in [0.2, 0.25) is 0 Å². The Morgan fingerprint density at radius 2 is 1.64 bits per heavy atom. The zero-order valence-electron chi connectivity index (χ0n) is 13.3. The summed E-state index contributed by atoms with van der Waals surface area (Å²) in [6.45, 7) is 0. The van der Waals surface area contributed by atoms with Crippen molar-refractivity contribution < 1.29 is 0 Å². The Morgan fingerprint density at radius 1 is 0.800 bits per heavy atom. The lowest BCUT2D eigenvalue weighted by molar-refractivity contribution is 1.25. The number of nitrogens with one attached hydrogen (secondary N) is 1. The molecule has 0 bridgehead atoms. The minimum atomic E-state index is 0.182. The van der Waals surface area contributed by atoms with E-state index in [9.17, 15) is 0 Å². The Morgan fingerprint density at radius 3 is 2.56 bits per heavy atom. The molecule has 0 aliphatic heterocycles. The summed E-state index contributed by atoms with van der Waals surface area (Å²) in [7, 11) is 0. The highest BCUT2D eigenvalue weighted by molar-refractivity contribution is 6.17. The van der Waals surface area contributed by atoms with Crippen molar-refractivity contribution in [2.24, 2.45) is 0 Å². The second-order valence-electron chi connectivity index (χ2n) is 6.08. The molecule has 2 aromatic heterocycles. The van der Waals surface area contributed by atoms with Gasteiger partial charge in [-0.1, -0.05) is 42.5 Å². The summed E-state index contributed by atoms with van der Waals surface area (Å²) >= 11 is 0. The number of anilines is 2. The quantitative estimate of drug-likeness (QED) is 0.432. The SMILES string of the molecule is Nc1nc(N)c2c(n1)c(-c1cccc3ccccc13)cc1[nH]ccc12. The van der Waals surface area contributed by atoms with E-state index < -0.39 is 0 Å². The predicted molar refractivity (Wildman–Crippen MR) is 103 cm³/mol. The van der Waals surface area contributed by atoms with Crippen molar-refractivity contribution in [2.75, 3.05) is 11.5 Å². The van der Waals surface area contributed by atoms with E-state index >= 15 is 0 Å². The lowest BCUT2D eigenvalue weighted by Gasteiger charge is -2.12. The van der Waals surface area contributed by atoms with Crippen LogP contribution in [0.25, 0.3) is 43.7 Å². The Hall–Kier alpha value is -3.60. The largest absolute Gasteiger partial charge is 0.383 e. The number of H-pyrrole nitrogens is 1. The molecular weight excluding hydrogens is 310 g/mol. The molecule has 120 valence electrons. The van der Waals surface area contributed by atoms with E-state index in [-0.39, 0.29) is 5.95 Å². The van der Waals surface area contributed by atoms with Crippen LogP contribution < -0.4 is 11.5 Å². The zero-order valence-corrected chi connectivity index (χ0v) is 13.3. The Balaban J connectivity index is 2.01. The molecule has 0 aliphatic carbocycles. The minimum absolute atomic E-state index is 0.182. The molecule has 0 aliphatic rings. The average Bonchev–Trinajstić information content (AvgIpc) is 3.08. The number of fused-ring (bicyclic) bond motifs is 4. The summed E-state index contributed by atoms with van der Waals surface area (Å²) in [5.41, 5.74) is 15.9. The van der Waals surface area contributed by atoms with Crippen molar-refractivity contribution in [3.63, 3.8) is 0 Å². The molecular formula is C20H15N5. The highest BCUT2D eigenvalue weighted by Crippen LogP contribution is 2.38.